The Bertz CT molecular complexity index is 1090. The number of para-hydroxylation sites is 1. The average Bonchev–Trinajstić information content (AvgIpc) is 3.03. The summed E-state index contributed by atoms with van der Waals surface area (Å²) in [4.78, 5) is 16.4. The van der Waals surface area contributed by atoms with Crippen molar-refractivity contribution in [2.75, 3.05) is 24.8 Å². The molecule has 3 N–H and O–H groups in total. The standard InChI is InChI=1S/C21H22BrN5O3/c1-13-6-4-5-7-17(13)26-19(28)12-30-20-16(22)8-15(9-18(20)29-3)10-24-27-11-14(2)25-21(27)23/h4-11H,12H2,1-3H3,(H2,23,25)(H,26,28). The maximum absolute atomic E-state index is 12.3. The van der Waals surface area contributed by atoms with Gasteiger partial charge in [-0.2, -0.15) is 5.10 Å². The van der Waals surface area contributed by atoms with Crippen molar-refractivity contribution in [3.8, 4) is 11.5 Å². The van der Waals surface area contributed by atoms with E-state index in [4.69, 9.17) is 15.2 Å². The zero-order chi connectivity index (χ0) is 21.7. The van der Waals surface area contributed by atoms with Gasteiger partial charge in [0, 0.05) is 5.69 Å². The predicted molar refractivity (Wildman–Crippen MR) is 120 cm³/mol. The van der Waals surface area contributed by atoms with E-state index in [0.29, 0.717) is 21.9 Å². The SMILES string of the molecule is COc1cc(C=Nn2cc(C)nc2N)cc(Br)c1OCC(=O)Nc1ccccc1C. The molecule has 8 nitrogen and oxygen atoms in total. The molecular formula is C21H22BrN5O3. The molecule has 3 aromatic rings. The summed E-state index contributed by atoms with van der Waals surface area (Å²) in [6.07, 6.45) is 3.35. The lowest BCUT2D eigenvalue weighted by molar-refractivity contribution is -0.118. The van der Waals surface area contributed by atoms with Crippen LogP contribution in [0.2, 0.25) is 0 Å². The van der Waals surface area contributed by atoms with Crippen LogP contribution in [0.3, 0.4) is 0 Å². The zero-order valence-electron chi connectivity index (χ0n) is 16.8. The zero-order valence-corrected chi connectivity index (χ0v) is 18.4. The van der Waals surface area contributed by atoms with Crippen LogP contribution in [0.5, 0.6) is 11.5 Å². The van der Waals surface area contributed by atoms with E-state index in [1.54, 1.807) is 24.5 Å². The summed E-state index contributed by atoms with van der Waals surface area (Å²) in [5.74, 6) is 0.918. The third-order valence-electron chi connectivity index (χ3n) is 4.18. The van der Waals surface area contributed by atoms with Crippen molar-refractivity contribution < 1.29 is 14.3 Å². The Labute approximate surface area is 182 Å². The number of ether oxygens (including phenoxy) is 2. The van der Waals surface area contributed by atoms with E-state index < -0.39 is 0 Å². The maximum Gasteiger partial charge on any atom is 0.262 e. The quantitative estimate of drug-likeness (QED) is 0.510. The molecule has 0 spiro atoms. The van der Waals surface area contributed by atoms with Gasteiger partial charge in [0.2, 0.25) is 5.95 Å². The topological polar surface area (TPSA) is 104 Å². The minimum atomic E-state index is -0.269. The first-order chi connectivity index (χ1) is 14.4. The number of carbonyl (C=O) groups excluding carboxylic acids is 1. The van der Waals surface area contributed by atoms with Gasteiger partial charge >= 0.3 is 0 Å². The number of amides is 1. The summed E-state index contributed by atoms with van der Waals surface area (Å²) in [6.45, 7) is 3.60. The highest BCUT2D eigenvalue weighted by Gasteiger charge is 2.14. The molecule has 0 aliphatic rings. The van der Waals surface area contributed by atoms with Gasteiger partial charge in [-0.3, -0.25) is 4.79 Å². The molecule has 0 fully saturated rings. The van der Waals surface area contributed by atoms with Crippen LogP contribution in [0, 0.1) is 13.8 Å². The summed E-state index contributed by atoms with van der Waals surface area (Å²) in [6, 6.07) is 11.1. The summed E-state index contributed by atoms with van der Waals surface area (Å²) in [5, 5.41) is 7.13. The molecule has 3 rings (SSSR count). The number of anilines is 2. The third kappa shape index (κ3) is 5.18. The number of nitrogens with one attached hydrogen (secondary N) is 1. The Morgan fingerprint density at radius 1 is 1.33 bits per heavy atom. The predicted octanol–water partition coefficient (Wildman–Crippen LogP) is 3.75. The van der Waals surface area contributed by atoms with Crippen molar-refractivity contribution in [1.29, 1.82) is 0 Å². The fraction of sp³-hybridized carbons (Fsp3) is 0.190. The van der Waals surface area contributed by atoms with Gasteiger partial charge in [-0.25, -0.2) is 9.66 Å². The van der Waals surface area contributed by atoms with E-state index in [-0.39, 0.29) is 12.5 Å². The second kappa shape index (κ2) is 9.45. The summed E-state index contributed by atoms with van der Waals surface area (Å²) in [5.41, 5.74) is 9.04. The number of nitrogens with zero attached hydrogens (tertiary/aromatic N) is 3. The minimum Gasteiger partial charge on any atom is -0.493 e. The molecule has 30 heavy (non-hydrogen) atoms. The van der Waals surface area contributed by atoms with E-state index in [2.05, 4.69) is 31.3 Å². The van der Waals surface area contributed by atoms with Gasteiger partial charge in [-0.15, -0.1) is 0 Å². The number of carbonyl (C=O) groups is 1. The molecule has 156 valence electrons. The van der Waals surface area contributed by atoms with Gasteiger partial charge in [0.05, 0.1) is 29.7 Å². The first kappa shape index (κ1) is 21.4. The lowest BCUT2D eigenvalue weighted by Crippen LogP contribution is -2.21. The second-order valence-electron chi connectivity index (χ2n) is 6.52. The number of benzene rings is 2. The van der Waals surface area contributed by atoms with Crippen LogP contribution in [-0.4, -0.2) is 35.5 Å². The second-order valence-corrected chi connectivity index (χ2v) is 7.37. The van der Waals surface area contributed by atoms with Gasteiger partial charge in [0.25, 0.3) is 5.91 Å². The van der Waals surface area contributed by atoms with Crippen LogP contribution < -0.4 is 20.5 Å². The van der Waals surface area contributed by atoms with Crippen LogP contribution >= 0.6 is 15.9 Å². The number of aromatic nitrogens is 2. The van der Waals surface area contributed by atoms with Crippen LogP contribution in [0.4, 0.5) is 11.6 Å². The van der Waals surface area contributed by atoms with Gasteiger partial charge in [0.1, 0.15) is 0 Å². The van der Waals surface area contributed by atoms with Gasteiger partial charge in [0.15, 0.2) is 18.1 Å². The van der Waals surface area contributed by atoms with Crippen molar-refractivity contribution in [2.45, 2.75) is 13.8 Å². The summed E-state index contributed by atoms with van der Waals surface area (Å²) < 4.78 is 13.2. The number of hydrogen-bond donors (Lipinski definition) is 2. The lowest BCUT2D eigenvalue weighted by atomic mass is 10.2. The Hall–Kier alpha value is -3.33. The van der Waals surface area contributed by atoms with E-state index >= 15 is 0 Å². The highest BCUT2D eigenvalue weighted by molar-refractivity contribution is 9.10. The molecular weight excluding hydrogens is 450 g/mol. The normalized spacial score (nSPS) is 10.9. The number of nitrogen functional groups attached to an aromatic ring is 1. The van der Waals surface area contributed by atoms with Gasteiger partial charge in [-0.1, -0.05) is 18.2 Å². The molecule has 1 amide bonds. The third-order valence-corrected chi connectivity index (χ3v) is 4.77. The Morgan fingerprint density at radius 2 is 2.10 bits per heavy atom. The van der Waals surface area contributed by atoms with E-state index in [9.17, 15) is 4.79 Å². The highest BCUT2D eigenvalue weighted by atomic mass is 79.9. The molecule has 1 heterocycles. The molecule has 0 bridgehead atoms. The molecule has 0 atom stereocenters. The molecule has 0 aliphatic heterocycles. The summed E-state index contributed by atoms with van der Waals surface area (Å²) >= 11 is 3.47. The van der Waals surface area contributed by atoms with E-state index in [1.807, 2.05) is 38.1 Å². The Kier molecular flexibility index (Phi) is 6.73. The number of hydrogen-bond acceptors (Lipinski definition) is 6. The van der Waals surface area contributed by atoms with Crippen LogP contribution in [0.1, 0.15) is 16.8 Å². The van der Waals surface area contributed by atoms with Crippen molar-refractivity contribution in [3.63, 3.8) is 0 Å². The van der Waals surface area contributed by atoms with Crippen molar-refractivity contribution in [2.24, 2.45) is 5.10 Å². The molecule has 1 aromatic heterocycles. The number of halogens is 1. The molecule has 0 saturated heterocycles. The minimum absolute atomic E-state index is 0.165. The molecule has 2 aromatic carbocycles. The molecule has 0 radical (unpaired) electrons. The van der Waals surface area contributed by atoms with E-state index in [0.717, 1.165) is 22.5 Å². The van der Waals surface area contributed by atoms with Crippen LogP contribution in [0.15, 0.2) is 52.2 Å². The Balaban J connectivity index is 1.71. The lowest BCUT2D eigenvalue weighted by Gasteiger charge is -2.14. The largest absolute Gasteiger partial charge is 0.493 e. The molecule has 0 aliphatic carbocycles. The maximum atomic E-state index is 12.3. The van der Waals surface area contributed by atoms with Crippen LogP contribution in [-0.2, 0) is 4.79 Å². The molecule has 9 heteroatoms. The van der Waals surface area contributed by atoms with Crippen molar-refractivity contribution >= 4 is 39.7 Å². The molecule has 0 unspecified atom stereocenters. The fourth-order valence-corrected chi connectivity index (χ4v) is 3.29. The van der Waals surface area contributed by atoms with Gasteiger partial charge in [-0.05, 0) is 59.1 Å². The van der Waals surface area contributed by atoms with Gasteiger partial charge < -0.3 is 20.5 Å². The first-order valence-corrected chi connectivity index (χ1v) is 9.88. The number of nitrogens with two attached hydrogens (primary N) is 1. The van der Waals surface area contributed by atoms with Crippen molar-refractivity contribution in [3.05, 3.63) is 63.9 Å². The summed E-state index contributed by atoms with van der Waals surface area (Å²) in [7, 11) is 1.53. The monoisotopic (exact) mass is 471 g/mol. The fourth-order valence-electron chi connectivity index (χ4n) is 2.72. The first-order valence-electron chi connectivity index (χ1n) is 9.09. The number of rotatable bonds is 7. The smallest absolute Gasteiger partial charge is 0.262 e. The average molecular weight is 472 g/mol. The number of imidazole rings is 1. The Morgan fingerprint density at radius 3 is 2.77 bits per heavy atom. The number of methoxy groups -OCH3 is 1. The number of aryl methyl sites for hydroxylation is 2. The van der Waals surface area contributed by atoms with Crippen molar-refractivity contribution in [1.82, 2.24) is 9.66 Å². The highest BCUT2D eigenvalue weighted by Crippen LogP contribution is 2.36. The molecule has 0 saturated carbocycles. The van der Waals surface area contributed by atoms with Crippen LogP contribution in [0.25, 0.3) is 0 Å². The van der Waals surface area contributed by atoms with E-state index in [1.165, 1.54) is 11.8 Å².